The first-order valence-electron chi connectivity index (χ1n) is 8.81. The number of aryl methyl sites for hydroxylation is 1. The number of pyridine rings is 1. The van der Waals surface area contributed by atoms with Crippen LogP contribution in [0.1, 0.15) is 36.2 Å². The maximum atomic E-state index is 4.58. The summed E-state index contributed by atoms with van der Waals surface area (Å²) in [5.41, 5.74) is 5.11. The number of rotatable bonds is 1. The minimum Gasteiger partial charge on any atom is -0.363 e. The van der Waals surface area contributed by atoms with E-state index in [0.29, 0.717) is 0 Å². The number of fused-ring (bicyclic) bond motifs is 1. The Morgan fingerprint density at radius 3 is 2.35 bits per heavy atom. The van der Waals surface area contributed by atoms with Crippen LogP contribution in [0.25, 0.3) is 10.9 Å². The average Bonchev–Trinajstić information content (AvgIpc) is 3.00. The standard InChI is InChI=1S/C23H21N3/c1-16-4-10-19-11-9-18(14-21(19)25-16)6-5-17-7-12-20(13-8-17)22-24-15-23(2,3)26-22/h4,7-14H,15H2,1-3H3,(H,24,26). The molecule has 1 aromatic heterocycles. The first-order chi connectivity index (χ1) is 12.5. The molecule has 0 aliphatic carbocycles. The second-order valence-electron chi connectivity index (χ2n) is 7.36. The summed E-state index contributed by atoms with van der Waals surface area (Å²) in [6.07, 6.45) is 0. The minimum absolute atomic E-state index is 0.0380. The van der Waals surface area contributed by atoms with Gasteiger partial charge in [-0.15, -0.1) is 0 Å². The van der Waals surface area contributed by atoms with Crippen molar-refractivity contribution in [1.29, 1.82) is 0 Å². The molecule has 2 aromatic carbocycles. The predicted octanol–water partition coefficient (Wildman–Crippen LogP) is 4.07. The Balaban J connectivity index is 1.55. The zero-order valence-electron chi connectivity index (χ0n) is 15.3. The van der Waals surface area contributed by atoms with Gasteiger partial charge in [0.15, 0.2) is 0 Å². The molecule has 0 amide bonds. The summed E-state index contributed by atoms with van der Waals surface area (Å²) in [5, 5.41) is 4.59. The van der Waals surface area contributed by atoms with Crippen molar-refractivity contribution in [2.45, 2.75) is 26.3 Å². The summed E-state index contributed by atoms with van der Waals surface area (Å²) in [6.45, 7) is 7.12. The van der Waals surface area contributed by atoms with Crippen molar-refractivity contribution in [2.75, 3.05) is 6.54 Å². The molecule has 1 aliphatic rings. The Kier molecular flexibility index (Phi) is 3.97. The smallest absolute Gasteiger partial charge is 0.128 e. The number of benzene rings is 2. The van der Waals surface area contributed by atoms with Crippen molar-refractivity contribution in [3.05, 3.63) is 77.0 Å². The molecule has 0 bridgehead atoms. The Hall–Kier alpha value is -3.12. The Morgan fingerprint density at radius 1 is 0.923 bits per heavy atom. The van der Waals surface area contributed by atoms with Gasteiger partial charge in [0, 0.05) is 27.8 Å². The number of hydrogen-bond donors (Lipinski definition) is 1. The van der Waals surface area contributed by atoms with Crippen molar-refractivity contribution in [3.63, 3.8) is 0 Å². The van der Waals surface area contributed by atoms with E-state index in [2.05, 4.69) is 65.2 Å². The zero-order chi connectivity index (χ0) is 18.1. The van der Waals surface area contributed by atoms with Crippen molar-refractivity contribution in [1.82, 2.24) is 10.3 Å². The molecule has 0 saturated carbocycles. The zero-order valence-corrected chi connectivity index (χ0v) is 15.3. The Morgan fingerprint density at radius 2 is 1.62 bits per heavy atom. The topological polar surface area (TPSA) is 37.3 Å². The van der Waals surface area contributed by atoms with Crippen LogP contribution in [-0.2, 0) is 0 Å². The van der Waals surface area contributed by atoms with Crippen LogP contribution in [-0.4, -0.2) is 22.9 Å². The third-order valence-corrected chi connectivity index (χ3v) is 4.43. The average molecular weight is 339 g/mol. The van der Waals surface area contributed by atoms with E-state index in [4.69, 9.17) is 0 Å². The van der Waals surface area contributed by atoms with Gasteiger partial charge in [0.2, 0.25) is 0 Å². The second-order valence-corrected chi connectivity index (χ2v) is 7.36. The van der Waals surface area contributed by atoms with Gasteiger partial charge in [-0.25, -0.2) is 0 Å². The molecule has 3 nitrogen and oxygen atoms in total. The number of aliphatic imine (C=N–C) groups is 1. The van der Waals surface area contributed by atoms with Crippen LogP contribution >= 0.6 is 0 Å². The monoisotopic (exact) mass is 339 g/mol. The molecule has 1 aliphatic heterocycles. The molecule has 0 fully saturated rings. The lowest BCUT2D eigenvalue weighted by Crippen LogP contribution is -2.39. The fourth-order valence-corrected chi connectivity index (χ4v) is 2.99. The normalized spacial score (nSPS) is 15.1. The maximum absolute atomic E-state index is 4.58. The summed E-state index contributed by atoms with van der Waals surface area (Å²) in [5.74, 6) is 7.44. The lowest BCUT2D eigenvalue weighted by Gasteiger charge is -2.18. The molecule has 4 rings (SSSR count). The van der Waals surface area contributed by atoms with Crippen LogP contribution in [0, 0.1) is 18.8 Å². The lowest BCUT2D eigenvalue weighted by molar-refractivity contribution is 0.506. The first-order valence-corrected chi connectivity index (χ1v) is 8.81. The van der Waals surface area contributed by atoms with Gasteiger partial charge in [-0.3, -0.25) is 9.98 Å². The number of amidine groups is 1. The van der Waals surface area contributed by atoms with E-state index in [0.717, 1.165) is 45.7 Å². The van der Waals surface area contributed by atoms with Crippen LogP contribution in [0.3, 0.4) is 0 Å². The SMILES string of the molecule is Cc1ccc2ccc(C#Cc3ccc(C4=NCC(C)(C)N4)cc3)cc2n1. The quantitative estimate of drug-likeness (QED) is 0.679. The number of nitrogens with one attached hydrogen (secondary N) is 1. The summed E-state index contributed by atoms with van der Waals surface area (Å²) < 4.78 is 0. The fraction of sp³-hybridized carbons (Fsp3) is 0.217. The molecule has 0 atom stereocenters. The number of nitrogens with zero attached hydrogens (tertiary/aromatic N) is 2. The fourth-order valence-electron chi connectivity index (χ4n) is 2.99. The van der Waals surface area contributed by atoms with Crippen molar-refractivity contribution in [2.24, 2.45) is 4.99 Å². The molecule has 3 aromatic rings. The van der Waals surface area contributed by atoms with E-state index >= 15 is 0 Å². The third-order valence-electron chi connectivity index (χ3n) is 4.43. The molecular formula is C23H21N3. The highest BCUT2D eigenvalue weighted by Gasteiger charge is 2.25. The first kappa shape index (κ1) is 16.4. The van der Waals surface area contributed by atoms with Crippen molar-refractivity contribution < 1.29 is 0 Å². The second kappa shape index (κ2) is 6.31. The van der Waals surface area contributed by atoms with Gasteiger partial charge in [0.25, 0.3) is 0 Å². The highest BCUT2D eigenvalue weighted by molar-refractivity contribution is 6.00. The Bertz CT molecular complexity index is 1060. The van der Waals surface area contributed by atoms with E-state index in [1.54, 1.807) is 0 Å². The lowest BCUT2D eigenvalue weighted by atomic mass is 10.1. The van der Waals surface area contributed by atoms with Crippen LogP contribution in [0.5, 0.6) is 0 Å². The van der Waals surface area contributed by atoms with Crippen LogP contribution in [0.2, 0.25) is 0 Å². The summed E-state index contributed by atoms with van der Waals surface area (Å²) in [6, 6.07) is 18.5. The Labute approximate surface area is 154 Å². The molecule has 1 N–H and O–H groups in total. The third kappa shape index (κ3) is 3.45. The maximum Gasteiger partial charge on any atom is 0.128 e. The van der Waals surface area contributed by atoms with Crippen molar-refractivity contribution >= 4 is 16.7 Å². The van der Waals surface area contributed by atoms with Gasteiger partial charge in [-0.05, 0) is 51.1 Å². The highest BCUT2D eigenvalue weighted by atomic mass is 15.1. The van der Waals surface area contributed by atoms with E-state index in [9.17, 15) is 0 Å². The summed E-state index contributed by atoms with van der Waals surface area (Å²) in [4.78, 5) is 9.15. The molecule has 0 radical (unpaired) electrons. The van der Waals surface area contributed by atoms with E-state index in [-0.39, 0.29) is 5.54 Å². The molecule has 0 saturated heterocycles. The van der Waals surface area contributed by atoms with Gasteiger partial charge in [0.05, 0.1) is 17.6 Å². The molecule has 2 heterocycles. The minimum atomic E-state index is 0.0380. The van der Waals surface area contributed by atoms with Crippen molar-refractivity contribution in [3.8, 4) is 11.8 Å². The number of hydrogen-bond acceptors (Lipinski definition) is 3. The molecule has 0 spiro atoms. The number of aromatic nitrogens is 1. The van der Waals surface area contributed by atoms with Gasteiger partial charge < -0.3 is 5.32 Å². The highest BCUT2D eigenvalue weighted by Crippen LogP contribution is 2.16. The van der Waals surface area contributed by atoms with E-state index < -0.39 is 0 Å². The van der Waals surface area contributed by atoms with Crippen LogP contribution in [0.15, 0.2) is 59.6 Å². The molecule has 0 unspecified atom stereocenters. The van der Waals surface area contributed by atoms with Gasteiger partial charge in [-0.1, -0.05) is 36.1 Å². The molecule has 128 valence electrons. The van der Waals surface area contributed by atoms with Gasteiger partial charge >= 0.3 is 0 Å². The van der Waals surface area contributed by atoms with E-state index in [1.807, 2.05) is 37.3 Å². The van der Waals surface area contributed by atoms with Gasteiger partial charge in [0.1, 0.15) is 5.84 Å². The molecule has 26 heavy (non-hydrogen) atoms. The van der Waals surface area contributed by atoms with E-state index in [1.165, 1.54) is 0 Å². The predicted molar refractivity (Wildman–Crippen MR) is 108 cm³/mol. The summed E-state index contributed by atoms with van der Waals surface area (Å²) in [7, 11) is 0. The molecular weight excluding hydrogens is 318 g/mol. The van der Waals surface area contributed by atoms with Crippen LogP contribution < -0.4 is 5.32 Å². The largest absolute Gasteiger partial charge is 0.363 e. The summed E-state index contributed by atoms with van der Waals surface area (Å²) >= 11 is 0. The van der Waals surface area contributed by atoms with Gasteiger partial charge in [-0.2, -0.15) is 0 Å². The van der Waals surface area contributed by atoms with Crippen LogP contribution in [0.4, 0.5) is 0 Å². The molecule has 3 heteroatoms.